The molecule has 0 heterocycles. The lowest BCUT2D eigenvalue weighted by Gasteiger charge is -2.08. The number of carbonyl (C=O) groups is 2. The Balaban J connectivity index is 3.70. The second kappa shape index (κ2) is 17.7. The average Bonchev–Trinajstić information content (AvgIpc) is 2.59. The highest BCUT2D eigenvalue weighted by Gasteiger charge is 2.17. The highest BCUT2D eigenvalue weighted by atomic mass is 16.4. The van der Waals surface area contributed by atoms with Gasteiger partial charge in [0.25, 0.3) is 0 Å². The van der Waals surface area contributed by atoms with Gasteiger partial charge in [0.1, 0.15) is 0 Å². The van der Waals surface area contributed by atoms with Crippen molar-refractivity contribution in [2.45, 2.75) is 71.1 Å². The van der Waals surface area contributed by atoms with E-state index in [0.717, 1.165) is 19.3 Å². The Kier molecular flexibility index (Phi) is 16.3. The number of carboxylic acids is 1. The minimum atomic E-state index is -0.985. The van der Waals surface area contributed by atoms with E-state index in [2.05, 4.69) is 43.4 Å². The zero-order chi connectivity index (χ0) is 19.5. The summed E-state index contributed by atoms with van der Waals surface area (Å²) >= 11 is 0. The molecule has 0 radical (unpaired) electrons. The summed E-state index contributed by atoms with van der Waals surface area (Å²) < 4.78 is 0. The van der Waals surface area contributed by atoms with Gasteiger partial charge < -0.3 is 10.8 Å². The van der Waals surface area contributed by atoms with Crippen molar-refractivity contribution in [3.63, 3.8) is 0 Å². The number of aliphatic carboxylic acids is 1. The van der Waals surface area contributed by atoms with Crippen LogP contribution in [0.3, 0.4) is 0 Å². The van der Waals surface area contributed by atoms with E-state index in [1.165, 1.54) is 25.7 Å². The highest BCUT2D eigenvalue weighted by Crippen LogP contribution is 2.11. The molecule has 1 unspecified atom stereocenters. The van der Waals surface area contributed by atoms with Gasteiger partial charge in [-0.05, 0) is 44.9 Å². The van der Waals surface area contributed by atoms with E-state index >= 15 is 0 Å². The molecule has 0 aromatic carbocycles. The molecule has 4 nitrogen and oxygen atoms in total. The van der Waals surface area contributed by atoms with Gasteiger partial charge in [-0.2, -0.15) is 0 Å². The van der Waals surface area contributed by atoms with Crippen LogP contribution in [0, 0.1) is 5.92 Å². The standard InChI is InChI=1S/C22H35NO3/c1-2-3-4-5-6-7-8-9-10-11-12-13-14-15-16-17-18-20(22(23)26)19-21(24)25/h6-7,9-10,12-13,15-16,20H,2-5,8,11,14,17-19H2,1H3,(H2,23,26)(H,24,25)/b7-6-,10-9-,13-12-,16-15-. The third-order valence-electron chi connectivity index (χ3n) is 3.96. The number of primary amides is 1. The molecule has 0 saturated carbocycles. The Hall–Kier alpha value is -2.10. The van der Waals surface area contributed by atoms with Gasteiger partial charge in [0, 0.05) is 5.92 Å². The van der Waals surface area contributed by atoms with Crippen LogP contribution < -0.4 is 5.73 Å². The molecule has 1 atom stereocenters. The van der Waals surface area contributed by atoms with E-state index in [1.54, 1.807) is 0 Å². The smallest absolute Gasteiger partial charge is 0.304 e. The summed E-state index contributed by atoms with van der Waals surface area (Å²) in [6.07, 6.45) is 25.8. The number of nitrogens with two attached hydrogens (primary N) is 1. The van der Waals surface area contributed by atoms with E-state index < -0.39 is 17.8 Å². The summed E-state index contributed by atoms with van der Waals surface area (Å²) in [5.74, 6) is -2.11. The van der Waals surface area contributed by atoms with Gasteiger partial charge in [-0.1, -0.05) is 68.4 Å². The molecule has 0 aliphatic rings. The van der Waals surface area contributed by atoms with E-state index in [0.29, 0.717) is 12.8 Å². The van der Waals surface area contributed by atoms with Crippen molar-refractivity contribution in [3.8, 4) is 0 Å². The van der Waals surface area contributed by atoms with Crippen molar-refractivity contribution >= 4 is 11.9 Å². The lowest BCUT2D eigenvalue weighted by Crippen LogP contribution is -2.25. The normalized spacial score (nSPS) is 13.4. The van der Waals surface area contributed by atoms with Crippen molar-refractivity contribution in [2.24, 2.45) is 11.7 Å². The van der Waals surface area contributed by atoms with Crippen LogP contribution >= 0.6 is 0 Å². The van der Waals surface area contributed by atoms with Gasteiger partial charge in [0.15, 0.2) is 0 Å². The van der Waals surface area contributed by atoms with E-state index in [-0.39, 0.29) is 6.42 Å². The monoisotopic (exact) mass is 361 g/mol. The first-order valence-corrected chi connectivity index (χ1v) is 9.69. The maximum atomic E-state index is 11.1. The average molecular weight is 362 g/mol. The SMILES string of the molecule is CCCCC/C=C\C/C=C\C/C=C\C/C=C\CCC(CC(=O)O)C(N)=O. The zero-order valence-corrected chi connectivity index (χ0v) is 16.1. The van der Waals surface area contributed by atoms with Gasteiger partial charge in [-0.15, -0.1) is 0 Å². The first-order chi connectivity index (χ1) is 12.6. The van der Waals surface area contributed by atoms with Gasteiger partial charge in [0.2, 0.25) is 5.91 Å². The van der Waals surface area contributed by atoms with Crippen LogP contribution in [0.4, 0.5) is 0 Å². The third-order valence-corrected chi connectivity index (χ3v) is 3.96. The van der Waals surface area contributed by atoms with Crippen molar-refractivity contribution in [3.05, 3.63) is 48.6 Å². The van der Waals surface area contributed by atoms with Crippen LogP contribution in [0.25, 0.3) is 0 Å². The number of unbranched alkanes of at least 4 members (excludes halogenated alkanes) is 3. The number of allylic oxidation sites excluding steroid dienone is 8. The maximum absolute atomic E-state index is 11.1. The molecule has 0 spiro atoms. The zero-order valence-electron chi connectivity index (χ0n) is 16.1. The molecule has 0 bridgehead atoms. The number of hydrogen-bond acceptors (Lipinski definition) is 2. The topological polar surface area (TPSA) is 80.4 Å². The first-order valence-electron chi connectivity index (χ1n) is 9.69. The number of hydrogen-bond donors (Lipinski definition) is 2. The Bertz CT molecular complexity index is 490. The summed E-state index contributed by atoms with van der Waals surface area (Å²) in [7, 11) is 0. The maximum Gasteiger partial charge on any atom is 0.304 e. The van der Waals surface area contributed by atoms with Crippen LogP contribution in [0.2, 0.25) is 0 Å². The van der Waals surface area contributed by atoms with Gasteiger partial charge in [-0.25, -0.2) is 0 Å². The van der Waals surface area contributed by atoms with Crippen LogP contribution in [-0.2, 0) is 9.59 Å². The molecule has 0 rings (SSSR count). The summed E-state index contributed by atoms with van der Waals surface area (Å²) in [4.78, 5) is 21.8. The summed E-state index contributed by atoms with van der Waals surface area (Å²) in [5, 5.41) is 8.72. The molecule has 0 aromatic rings. The Labute approximate surface area is 158 Å². The fourth-order valence-corrected chi connectivity index (χ4v) is 2.41. The van der Waals surface area contributed by atoms with Crippen LogP contribution in [0.1, 0.15) is 71.1 Å². The highest BCUT2D eigenvalue weighted by molar-refractivity contribution is 5.81. The predicted octanol–water partition coefficient (Wildman–Crippen LogP) is 5.32. The molecule has 0 saturated heterocycles. The van der Waals surface area contributed by atoms with E-state index in [9.17, 15) is 9.59 Å². The van der Waals surface area contributed by atoms with Crippen molar-refractivity contribution < 1.29 is 14.7 Å². The predicted molar refractivity (Wildman–Crippen MR) is 109 cm³/mol. The molecule has 0 aliphatic heterocycles. The molecule has 146 valence electrons. The Morgan fingerprint density at radius 2 is 1.35 bits per heavy atom. The van der Waals surface area contributed by atoms with Crippen LogP contribution in [0.5, 0.6) is 0 Å². The molecule has 1 amide bonds. The fourth-order valence-electron chi connectivity index (χ4n) is 2.41. The molecular weight excluding hydrogens is 326 g/mol. The summed E-state index contributed by atoms with van der Waals surface area (Å²) in [6.45, 7) is 2.22. The molecular formula is C22H35NO3. The van der Waals surface area contributed by atoms with E-state index in [4.69, 9.17) is 10.8 Å². The molecule has 4 heteroatoms. The van der Waals surface area contributed by atoms with Crippen molar-refractivity contribution in [1.82, 2.24) is 0 Å². The largest absolute Gasteiger partial charge is 0.481 e. The lowest BCUT2D eigenvalue weighted by atomic mass is 9.98. The van der Waals surface area contributed by atoms with Crippen molar-refractivity contribution in [2.75, 3.05) is 0 Å². The van der Waals surface area contributed by atoms with Crippen LogP contribution in [-0.4, -0.2) is 17.0 Å². The number of carboxylic acid groups (broad SMARTS) is 1. The van der Waals surface area contributed by atoms with Crippen molar-refractivity contribution in [1.29, 1.82) is 0 Å². The van der Waals surface area contributed by atoms with Crippen LogP contribution in [0.15, 0.2) is 48.6 Å². The molecule has 26 heavy (non-hydrogen) atoms. The number of rotatable bonds is 16. The van der Waals surface area contributed by atoms with Gasteiger partial charge in [0.05, 0.1) is 6.42 Å². The minimum absolute atomic E-state index is 0.191. The Morgan fingerprint density at radius 1 is 0.846 bits per heavy atom. The first kappa shape index (κ1) is 23.9. The van der Waals surface area contributed by atoms with Gasteiger partial charge in [-0.3, -0.25) is 9.59 Å². The minimum Gasteiger partial charge on any atom is -0.481 e. The fraction of sp³-hybridized carbons (Fsp3) is 0.545. The second-order valence-electron chi connectivity index (χ2n) is 6.36. The van der Waals surface area contributed by atoms with E-state index in [1.807, 2.05) is 12.2 Å². The van der Waals surface area contributed by atoms with Gasteiger partial charge >= 0.3 is 5.97 Å². The molecule has 3 N–H and O–H groups in total. The summed E-state index contributed by atoms with van der Waals surface area (Å²) in [6, 6.07) is 0. The molecule has 0 aromatic heterocycles. The summed E-state index contributed by atoms with van der Waals surface area (Å²) in [5.41, 5.74) is 5.20. The third kappa shape index (κ3) is 16.7. The number of carbonyl (C=O) groups excluding carboxylic acids is 1. The lowest BCUT2D eigenvalue weighted by molar-refractivity contribution is -0.140. The second-order valence-corrected chi connectivity index (χ2v) is 6.36. The molecule has 0 aliphatic carbocycles. The quantitative estimate of drug-likeness (QED) is 0.288. The number of amides is 1. The molecule has 0 fully saturated rings. The Morgan fingerprint density at radius 3 is 1.81 bits per heavy atom.